The zero-order valence-corrected chi connectivity index (χ0v) is 15.2. The molecule has 0 bridgehead atoms. The molecule has 2 aromatic rings. The first kappa shape index (κ1) is 19.1. The lowest BCUT2D eigenvalue weighted by molar-refractivity contribution is -0.143. The van der Waals surface area contributed by atoms with Crippen LogP contribution in [-0.4, -0.2) is 37.2 Å². The van der Waals surface area contributed by atoms with E-state index in [9.17, 15) is 14.6 Å². The van der Waals surface area contributed by atoms with Crippen molar-refractivity contribution in [1.82, 2.24) is 5.32 Å². The predicted octanol–water partition coefficient (Wildman–Crippen LogP) is 1.20. The number of ether oxygens (including phenoxy) is 1. The molecule has 1 aliphatic heterocycles. The van der Waals surface area contributed by atoms with Crippen molar-refractivity contribution in [3.63, 3.8) is 0 Å². The predicted molar refractivity (Wildman–Crippen MR) is 101 cm³/mol. The van der Waals surface area contributed by atoms with Gasteiger partial charge in [0.15, 0.2) is 0 Å². The van der Waals surface area contributed by atoms with Gasteiger partial charge in [0.25, 0.3) is 5.91 Å². The highest BCUT2D eigenvalue weighted by molar-refractivity contribution is 6.61. The minimum absolute atomic E-state index is 0.322. The van der Waals surface area contributed by atoms with Crippen LogP contribution in [-0.2, 0) is 27.2 Å². The Balaban J connectivity index is 1.63. The summed E-state index contributed by atoms with van der Waals surface area (Å²) < 4.78 is 9.97. The quantitative estimate of drug-likeness (QED) is 0.568. The maximum Gasteiger partial charge on any atom is 0.491 e. The molecule has 1 amide bonds. The molecular weight excluding hydrogens is 345 g/mol. The summed E-state index contributed by atoms with van der Waals surface area (Å²) in [6.07, 6.45) is 2.03. The third-order valence-corrected chi connectivity index (χ3v) is 4.66. The normalized spacial score (nSPS) is 13.8. The number of carbonyl (C=O) groups excluding carboxylic acids is 2. The van der Waals surface area contributed by atoms with Crippen LogP contribution in [0.4, 0.5) is 0 Å². The van der Waals surface area contributed by atoms with Crippen molar-refractivity contribution in [2.75, 3.05) is 7.11 Å². The van der Waals surface area contributed by atoms with Crippen LogP contribution in [0.1, 0.15) is 34.3 Å². The summed E-state index contributed by atoms with van der Waals surface area (Å²) in [4.78, 5) is 24.6. The van der Waals surface area contributed by atoms with E-state index in [1.807, 2.05) is 30.3 Å². The molecule has 3 rings (SSSR count). The maximum atomic E-state index is 12.6. The molecule has 1 heterocycles. The van der Waals surface area contributed by atoms with Crippen LogP contribution >= 0.6 is 0 Å². The minimum Gasteiger partial charge on any atom is -0.467 e. The molecule has 0 saturated carbocycles. The summed E-state index contributed by atoms with van der Waals surface area (Å²) >= 11 is 0. The Bertz CT molecular complexity index is 811. The summed E-state index contributed by atoms with van der Waals surface area (Å²) in [7, 11) is 0.289. The molecule has 1 aliphatic rings. The summed E-state index contributed by atoms with van der Waals surface area (Å²) in [6.45, 7) is 0.322. The molecule has 0 spiro atoms. The van der Waals surface area contributed by atoms with Gasteiger partial charge in [-0.15, -0.1) is 0 Å². The SMILES string of the molecule is COC(=O)[C@@H](CCCc1ccccc1)NC(=O)c1ccc2c(c1)B(O)OC2. The Morgan fingerprint density at radius 1 is 1.26 bits per heavy atom. The van der Waals surface area contributed by atoms with Crippen LogP contribution in [0.2, 0.25) is 0 Å². The largest absolute Gasteiger partial charge is 0.491 e. The Hall–Kier alpha value is -2.64. The number of nitrogens with one attached hydrogen (secondary N) is 1. The molecule has 0 unspecified atom stereocenters. The smallest absolute Gasteiger partial charge is 0.467 e. The van der Waals surface area contributed by atoms with Crippen molar-refractivity contribution < 1.29 is 24.0 Å². The van der Waals surface area contributed by atoms with E-state index in [1.165, 1.54) is 12.7 Å². The van der Waals surface area contributed by atoms with Gasteiger partial charge in [0.05, 0.1) is 13.7 Å². The fourth-order valence-electron chi connectivity index (χ4n) is 3.14. The second kappa shape index (κ2) is 8.84. The number of hydrogen-bond donors (Lipinski definition) is 2. The zero-order valence-electron chi connectivity index (χ0n) is 15.2. The number of carbonyl (C=O) groups is 2. The highest BCUT2D eigenvalue weighted by atomic mass is 16.5. The third-order valence-electron chi connectivity index (χ3n) is 4.66. The number of rotatable bonds is 7. The number of hydrogen-bond acceptors (Lipinski definition) is 5. The van der Waals surface area contributed by atoms with E-state index >= 15 is 0 Å². The fourth-order valence-corrected chi connectivity index (χ4v) is 3.14. The summed E-state index contributed by atoms with van der Waals surface area (Å²) in [6, 6.07) is 14.3. The number of esters is 1. The van der Waals surface area contributed by atoms with Gasteiger partial charge in [-0.25, -0.2) is 4.79 Å². The molecule has 0 aromatic heterocycles. The summed E-state index contributed by atoms with van der Waals surface area (Å²) in [5, 5.41) is 12.5. The molecule has 0 saturated heterocycles. The Kier molecular flexibility index (Phi) is 6.26. The van der Waals surface area contributed by atoms with Crippen LogP contribution in [0.5, 0.6) is 0 Å². The average molecular weight is 367 g/mol. The van der Waals surface area contributed by atoms with E-state index < -0.39 is 19.1 Å². The van der Waals surface area contributed by atoms with Crippen LogP contribution < -0.4 is 10.8 Å². The van der Waals surface area contributed by atoms with Gasteiger partial charge in [-0.3, -0.25) is 4.79 Å². The number of benzene rings is 2. The molecule has 0 radical (unpaired) electrons. The molecule has 6 nitrogen and oxygen atoms in total. The zero-order chi connectivity index (χ0) is 19.2. The van der Waals surface area contributed by atoms with Crippen molar-refractivity contribution in [3.8, 4) is 0 Å². The average Bonchev–Trinajstić information content (AvgIpc) is 3.07. The molecule has 7 heteroatoms. The Morgan fingerprint density at radius 2 is 2.04 bits per heavy atom. The molecule has 2 N–H and O–H groups in total. The monoisotopic (exact) mass is 367 g/mol. The van der Waals surface area contributed by atoms with Gasteiger partial charge in [-0.05, 0) is 48.0 Å². The highest BCUT2D eigenvalue weighted by Crippen LogP contribution is 2.13. The van der Waals surface area contributed by atoms with E-state index in [1.54, 1.807) is 18.2 Å². The van der Waals surface area contributed by atoms with Gasteiger partial charge in [0, 0.05) is 5.56 Å². The van der Waals surface area contributed by atoms with Crippen LogP contribution in [0.3, 0.4) is 0 Å². The first-order chi connectivity index (χ1) is 13.1. The van der Waals surface area contributed by atoms with Gasteiger partial charge < -0.3 is 19.7 Å². The summed E-state index contributed by atoms with van der Waals surface area (Å²) in [5.41, 5.74) is 2.99. The van der Waals surface area contributed by atoms with E-state index in [0.29, 0.717) is 24.1 Å². The van der Waals surface area contributed by atoms with Crippen LogP contribution in [0.25, 0.3) is 0 Å². The van der Waals surface area contributed by atoms with Crippen molar-refractivity contribution >= 4 is 24.5 Å². The number of amides is 1. The van der Waals surface area contributed by atoms with Crippen molar-refractivity contribution in [1.29, 1.82) is 0 Å². The van der Waals surface area contributed by atoms with E-state index in [-0.39, 0.29) is 5.91 Å². The lowest BCUT2D eigenvalue weighted by Crippen LogP contribution is -2.42. The highest BCUT2D eigenvalue weighted by Gasteiger charge is 2.29. The van der Waals surface area contributed by atoms with Crippen LogP contribution in [0, 0.1) is 0 Å². The first-order valence-electron chi connectivity index (χ1n) is 8.93. The topological polar surface area (TPSA) is 84.9 Å². The van der Waals surface area contributed by atoms with Crippen LogP contribution in [0.15, 0.2) is 48.5 Å². The minimum atomic E-state index is -1.02. The van der Waals surface area contributed by atoms with Gasteiger partial charge in [0.1, 0.15) is 6.04 Å². The number of aryl methyl sites for hydroxylation is 1. The first-order valence-corrected chi connectivity index (χ1v) is 8.93. The number of methoxy groups -OCH3 is 1. The van der Waals surface area contributed by atoms with E-state index in [2.05, 4.69) is 5.32 Å². The fraction of sp³-hybridized carbons (Fsp3) is 0.300. The van der Waals surface area contributed by atoms with Crippen molar-refractivity contribution in [2.24, 2.45) is 0 Å². The molecule has 140 valence electrons. The number of fused-ring (bicyclic) bond motifs is 1. The van der Waals surface area contributed by atoms with Gasteiger partial charge >= 0.3 is 13.1 Å². The molecule has 0 fully saturated rings. The van der Waals surface area contributed by atoms with Gasteiger partial charge in [-0.2, -0.15) is 0 Å². The second-order valence-electron chi connectivity index (χ2n) is 6.50. The van der Waals surface area contributed by atoms with Gasteiger partial charge in [0.2, 0.25) is 0 Å². The molecule has 0 aliphatic carbocycles. The van der Waals surface area contributed by atoms with E-state index in [0.717, 1.165) is 18.4 Å². The second-order valence-corrected chi connectivity index (χ2v) is 6.50. The lowest BCUT2D eigenvalue weighted by Gasteiger charge is -2.17. The third kappa shape index (κ3) is 4.75. The van der Waals surface area contributed by atoms with Gasteiger partial charge in [-0.1, -0.05) is 36.4 Å². The van der Waals surface area contributed by atoms with Crippen molar-refractivity contribution in [3.05, 3.63) is 65.2 Å². The standard InChI is InChI=1S/C20H22BNO5/c1-26-20(24)18(9-5-8-14-6-3-2-4-7-14)22-19(23)15-10-11-16-13-27-21(25)17(16)12-15/h2-4,6-7,10-12,18,25H,5,8-9,13H2,1H3,(H,22,23)/t18-/m1/s1. The molecule has 1 atom stereocenters. The lowest BCUT2D eigenvalue weighted by atomic mass is 9.78. The molecule has 27 heavy (non-hydrogen) atoms. The van der Waals surface area contributed by atoms with Crippen molar-refractivity contribution in [2.45, 2.75) is 31.9 Å². The maximum absolute atomic E-state index is 12.6. The Labute approximate surface area is 158 Å². The Morgan fingerprint density at radius 3 is 2.78 bits per heavy atom. The summed E-state index contributed by atoms with van der Waals surface area (Å²) in [5.74, 6) is -0.854. The van der Waals surface area contributed by atoms with E-state index in [4.69, 9.17) is 9.39 Å². The molecular formula is C20H22BNO5. The molecule has 2 aromatic carbocycles.